The first kappa shape index (κ1) is 38.8. The van der Waals surface area contributed by atoms with E-state index in [-0.39, 0.29) is 13.0 Å². The molecule has 8 heteroatoms. The summed E-state index contributed by atoms with van der Waals surface area (Å²) in [6.07, 6.45) is 0.0143. The zero-order chi connectivity index (χ0) is 23.6. The van der Waals surface area contributed by atoms with E-state index in [2.05, 4.69) is 0 Å². The second-order valence-corrected chi connectivity index (χ2v) is 3.99. The van der Waals surface area contributed by atoms with E-state index in [1.807, 2.05) is 55.4 Å². The minimum absolute atomic E-state index is 0.0143. The molecule has 0 aliphatic heterocycles. The van der Waals surface area contributed by atoms with E-state index in [0.717, 1.165) is 0 Å². The van der Waals surface area contributed by atoms with Crippen molar-refractivity contribution in [3.8, 4) is 0 Å². The van der Waals surface area contributed by atoms with Gasteiger partial charge in [-0.05, 0) is 0 Å². The molecule has 0 atom stereocenters. The fraction of sp³-hybridized carbons (Fsp3) is 0.952. The lowest BCUT2D eigenvalue weighted by Crippen LogP contribution is -2.15. The molecule has 3 N–H and O–H groups in total. The molecule has 0 spiro atoms. The molecule has 0 aliphatic carbocycles. The second-order valence-electron chi connectivity index (χ2n) is 3.99. The molecule has 0 saturated carbocycles. The van der Waals surface area contributed by atoms with Crippen LogP contribution in [0.4, 0.5) is 0 Å². The number of carbonyl (C=O) groups is 1. The van der Waals surface area contributed by atoms with E-state index in [9.17, 15) is 4.79 Å². The van der Waals surface area contributed by atoms with Gasteiger partial charge in [0.15, 0.2) is 0 Å². The molecule has 0 rings (SSSR count). The second kappa shape index (κ2) is 50.7. The fourth-order valence-electron chi connectivity index (χ4n) is 1.22. The largest absolute Gasteiger partial charge is 0.481 e. The van der Waals surface area contributed by atoms with Crippen molar-refractivity contribution in [2.24, 2.45) is 5.73 Å². The number of carboxylic acids is 1. The van der Waals surface area contributed by atoms with Crippen molar-refractivity contribution < 1.29 is 33.6 Å². The first-order valence-corrected chi connectivity index (χ1v) is 11.1. The van der Waals surface area contributed by atoms with E-state index in [4.69, 9.17) is 34.5 Å². The first-order chi connectivity index (χ1) is 14.3. The van der Waals surface area contributed by atoms with Gasteiger partial charge in [0, 0.05) is 6.54 Å². The van der Waals surface area contributed by atoms with Crippen molar-refractivity contribution in [2.45, 2.75) is 61.8 Å². The van der Waals surface area contributed by atoms with E-state index in [1.54, 1.807) is 0 Å². The number of aliphatic carboxylic acids is 1. The van der Waals surface area contributed by atoms with E-state index in [0.29, 0.717) is 66.0 Å². The number of ether oxygens (including phenoxy) is 5. The van der Waals surface area contributed by atoms with Crippen LogP contribution in [0.15, 0.2) is 0 Å². The zero-order valence-corrected chi connectivity index (χ0v) is 20.5. The van der Waals surface area contributed by atoms with Crippen LogP contribution < -0.4 is 5.73 Å². The van der Waals surface area contributed by atoms with Crippen LogP contribution in [0.1, 0.15) is 61.8 Å². The van der Waals surface area contributed by atoms with E-state index >= 15 is 0 Å². The van der Waals surface area contributed by atoms with Gasteiger partial charge in [-0.25, -0.2) is 0 Å². The third-order valence-corrected chi connectivity index (χ3v) is 2.21. The molecule has 0 aromatic carbocycles. The number of carboxylic acid groups (broad SMARTS) is 1. The summed E-state index contributed by atoms with van der Waals surface area (Å²) in [6, 6.07) is 0. The van der Waals surface area contributed by atoms with Gasteiger partial charge in [0.05, 0.1) is 72.5 Å². The molecule has 0 aliphatic rings. The Kier molecular flexibility index (Phi) is 67.8. The molecule has 0 amide bonds. The van der Waals surface area contributed by atoms with E-state index in [1.165, 1.54) is 0 Å². The van der Waals surface area contributed by atoms with Gasteiger partial charge in [0.25, 0.3) is 0 Å². The molecule has 0 bridgehead atoms. The molecule has 182 valence electrons. The van der Waals surface area contributed by atoms with Gasteiger partial charge in [-0.2, -0.15) is 0 Å². The first-order valence-electron chi connectivity index (χ1n) is 11.1. The summed E-state index contributed by atoms with van der Waals surface area (Å²) in [7, 11) is 0. The van der Waals surface area contributed by atoms with Gasteiger partial charge in [-0.3, -0.25) is 4.79 Å². The molecule has 0 aromatic rings. The minimum Gasteiger partial charge on any atom is -0.481 e. The zero-order valence-electron chi connectivity index (χ0n) is 20.5. The molecule has 0 saturated heterocycles. The topological polar surface area (TPSA) is 109 Å². The lowest BCUT2D eigenvalue weighted by molar-refractivity contribution is -0.138. The number of nitrogens with two attached hydrogens (primary N) is 1. The lowest BCUT2D eigenvalue weighted by atomic mass is 10.5. The van der Waals surface area contributed by atoms with Crippen molar-refractivity contribution in [1.29, 1.82) is 0 Å². The van der Waals surface area contributed by atoms with Crippen LogP contribution >= 0.6 is 0 Å². The van der Waals surface area contributed by atoms with Crippen LogP contribution in [0.5, 0.6) is 0 Å². The minimum atomic E-state index is -0.863. The Labute approximate surface area is 180 Å². The standard InChI is InChI=1S/C13H27NO7.4C2H6/c14-2-4-18-6-8-20-10-12-21-11-9-19-7-5-17-3-1-13(15)16;4*1-2/h1-12,14H2,(H,15,16);4*1-2H3. The maximum Gasteiger partial charge on any atom is 0.305 e. The Bertz CT molecular complexity index is 233. The highest BCUT2D eigenvalue weighted by Crippen LogP contribution is 1.85. The van der Waals surface area contributed by atoms with Gasteiger partial charge in [0.2, 0.25) is 0 Å². The molecular weight excluding hydrogens is 378 g/mol. The highest BCUT2D eigenvalue weighted by molar-refractivity contribution is 5.66. The van der Waals surface area contributed by atoms with Crippen molar-refractivity contribution in [3.05, 3.63) is 0 Å². The van der Waals surface area contributed by atoms with Crippen LogP contribution in [0.2, 0.25) is 0 Å². The average molecular weight is 430 g/mol. The van der Waals surface area contributed by atoms with E-state index < -0.39 is 5.97 Å². The van der Waals surface area contributed by atoms with Crippen molar-refractivity contribution >= 4 is 5.97 Å². The third-order valence-electron chi connectivity index (χ3n) is 2.21. The lowest BCUT2D eigenvalue weighted by Gasteiger charge is -2.07. The van der Waals surface area contributed by atoms with Crippen LogP contribution in [0.3, 0.4) is 0 Å². The Morgan fingerprint density at radius 3 is 1.03 bits per heavy atom. The summed E-state index contributed by atoms with van der Waals surface area (Å²) in [4.78, 5) is 10.2. The summed E-state index contributed by atoms with van der Waals surface area (Å²) in [5, 5.41) is 8.38. The van der Waals surface area contributed by atoms with Crippen LogP contribution in [-0.4, -0.2) is 83.7 Å². The molecule has 0 aromatic heterocycles. The van der Waals surface area contributed by atoms with Crippen molar-refractivity contribution in [3.63, 3.8) is 0 Å². The quantitative estimate of drug-likeness (QED) is 0.337. The maximum absolute atomic E-state index is 10.2. The summed E-state index contributed by atoms with van der Waals surface area (Å²) >= 11 is 0. The predicted molar refractivity (Wildman–Crippen MR) is 121 cm³/mol. The monoisotopic (exact) mass is 429 g/mol. The van der Waals surface area contributed by atoms with Gasteiger partial charge in [0.1, 0.15) is 0 Å². The highest BCUT2D eigenvalue weighted by Gasteiger charge is 1.96. The molecule has 0 radical (unpaired) electrons. The Morgan fingerprint density at radius 2 is 0.793 bits per heavy atom. The van der Waals surface area contributed by atoms with Crippen molar-refractivity contribution in [1.82, 2.24) is 0 Å². The van der Waals surface area contributed by atoms with Gasteiger partial charge in [-0.15, -0.1) is 0 Å². The smallest absolute Gasteiger partial charge is 0.305 e. The third kappa shape index (κ3) is 58.4. The normalized spacial score (nSPS) is 8.72. The van der Waals surface area contributed by atoms with Crippen LogP contribution in [-0.2, 0) is 28.5 Å². The van der Waals surface area contributed by atoms with Gasteiger partial charge in [-0.1, -0.05) is 55.4 Å². The van der Waals surface area contributed by atoms with Gasteiger partial charge >= 0.3 is 5.97 Å². The molecule has 0 fully saturated rings. The molecule has 0 unspecified atom stereocenters. The summed E-state index contributed by atoms with van der Waals surface area (Å²) in [5.41, 5.74) is 5.27. The van der Waals surface area contributed by atoms with Crippen LogP contribution in [0.25, 0.3) is 0 Å². The Morgan fingerprint density at radius 1 is 0.552 bits per heavy atom. The number of rotatable bonds is 17. The number of hydrogen-bond acceptors (Lipinski definition) is 7. The highest BCUT2D eigenvalue weighted by atomic mass is 16.6. The molecule has 29 heavy (non-hydrogen) atoms. The Balaban J connectivity index is -0.000000212. The average Bonchev–Trinajstić information content (AvgIpc) is 2.79. The number of hydrogen-bond donors (Lipinski definition) is 2. The molecule has 0 heterocycles. The summed E-state index contributed by atoms with van der Waals surface area (Å²) in [5.74, 6) is -0.863. The van der Waals surface area contributed by atoms with Crippen LogP contribution in [0, 0.1) is 0 Å². The fourth-order valence-corrected chi connectivity index (χ4v) is 1.22. The molecular formula is C21H51NO7. The predicted octanol–water partition coefficient (Wildman–Crippen LogP) is 3.61. The SMILES string of the molecule is CC.CC.CC.CC.NCCOCCOCCOCCOCCOCCC(=O)O. The summed E-state index contributed by atoms with van der Waals surface area (Å²) in [6.45, 7) is 21.2. The van der Waals surface area contributed by atoms with Gasteiger partial charge < -0.3 is 34.5 Å². The molecule has 8 nitrogen and oxygen atoms in total. The van der Waals surface area contributed by atoms with Crippen molar-refractivity contribution in [2.75, 3.05) is 72.6 Å². The maximum atomic E-state index is 10.2. The summed E-state index contributed by atoms with van der Waals surface area (Å²) < 4.78 is 26.0. The Hall–Kier alpha value is -0.770.